The Bertz CT molecular complexity index is 599. The molecule has 2 amide bonds. The number of carbonyl (C=O) groups is 2. The first-order valence-electron chi connectivity index (χ1n) is 8.98. The standard InChI is InChI=1S/C19H26F2N2O2/c1-23(15-7-4-2-3-5-8-15)18(24)9-6-12-22-19(25)16-11-10-14(20)13-17(16)21/h10-11,13,15H,2-9,12H2,1H3,(H,22,25). The summed E-state index contributed by atoms with van der Waals surface area (Å²) in [5, 5.41) is 2.57. The van der Waals surface area contributed by atoms with Gasteiger partial charge in [0.2, 0.25) is 5.91 Å². The summed E-state index contributed by atoms with van der Waals surface area (Å²) >= 11 is 0. The first-order valence-corrected chi connectivity index (χ1v) is 8.98. The zero-order valence-electron chi connectivity index (χ0n) is 14.7. The van der Waals surface area contributed by atoms with Gasteiger partial charge in [0.15, 0.2) is 0 Å². The third-order valence-electron chi connectivity index (χ3n) is 4.79. The van der Waals surface area contributed by atoms with E-state index < -0.39 is 17.5 Å². The molecule has 1 aromatic rings. The molecule has 0 saturated heterocycles. The van der Waals surface area contributed by atoms with Gasteiger partial charge in [0.05, 0.1) is 5.56 Å². The Morgan fingerprint density at radius 1 is 1.16 bits per heavy atom. The summed E-state index contributed by atoms with van der Waals surface area (Å²) in [4.78, 5) is 26.0. The lowest BCUT2D eigenvalue weighted by Gasteiger charge is -2.27. The Balaban J connectivity index is 1.72. The third-order valence-corrected chi connectivity index (χ3v) is 4.79. The number of hydrogen-bond acceptors (Lipinski definition) is 2. The monoisotopic (exact) mass is 352 g/mol. The second-order valence-electron chi connectivity index (χ2n) is 6.63. The normalized spacial score (nSPS) is 15.5. The second-order valence-corrected chi connectivity index (χ2v) is 6.63. The number of rotatable bonds is 6. The van der Waals surface area contributed by atoms with E-state index in [2.05, 4.69) is 5.32 Å². The number of amides is 2. The molecule has 0 aromatic heterocycles. The van der Waals surface area contributed by atoms with Crippen LogP contribution in [0.3, 0.4) is 0 Å². The lowest BCUT2D eigenvalue weighted by atomic mass is 10.1. The number of halogens is 2. The van der Waals surface area contributed by atoms with Gasteiger partial charge >= 0.3 is 0 Å². The van der Waals surface area contributed by atoms with Gasteiger partial charge in [-0.05, 0) is 31.4 Å². The lowest BCUT2D eigenvalue weighted by Crippen LogP contribution is -2.37. The van der Waals surface area contributed by atoms with Crippen LogP contribution in [0.1, 0.15) is 61.7 Å². The average molecular weight is 352 g/mol. The van der Waals surface area contributed by atoms with E-state index in [-0.39, 0.29) is 18.0 Å². The number of nitrogens with zero attached hydrogens (tertiary/aromatic N) is 1. The Labute approximate surface area is 147 Å². The minimum absolute atomic E-state index is 0.0779. The summed E-state index contributed by atoms with van der Waals surface area (Å²) in [6.07, 6.45) is 7.77. The predicted molar refractivity (Wildman–Crippen MR) is 92.2 cm³/mol. The van der Waals surface area contributed by atoms with E-state index in [0.29, 0.717) is 24.9 Å². The molecule has 0 atom stereocenters. The molecule has 4 nitrogen and oxygen atoms in total. The largest absolute Gasteiger partial charge is 0.352 e. The van der Waals surface area contributed by atoms with Crippen LogP contribution in [0.15, 0.2) is 18.2 Å². The molecule has 0 unspecified atom stereocenters. The highest BCUT2D eigenvalue weighted by molar-refractivity contribution is 5.94. The predicted octanol–water partition coefficient (Wildman–Crippen LogP) is 3.66. The molecule has 25 heavy (non-hydrogen) atoms. The van der Waals surface area contributed by atoms with Crippen molar-refractivity contribution in [2.45, 2.75) is 57.4 Å². The van der Waals surface area contributed by atoms with E-state index in [1.807, 2.05) is 11.9 Å². The van der Waals surface area contributed by atoms with Crippen molar-refractivity contribution >= 4 is 11.8 Å². The van der Waals surface area contributed by atoms with Crippen LogP contribution >= 0.6 is 0 Å². The van der Waals surface area contributed by atoms with Crippen LogP contribution in [0, 0.1) is 11.6 Å². The summed E-state index contributed by atoms with van der Waals surface area (Å²) in [6, 6.07) is 3.16. The molecular weight excluding hydrogens is 326 g/mol. The molecule has 0 bridgehead atoms. The van der Waals surface area contributed by atoms with Crippen LogP contribution in [-0.4, -0.2) is 36.3 Å². The second kappa shape index (κ2) is 9.49. The molecule has 0 radical (unpaired) electrons. The van der Waals surface area contributed by atoms with Crippen molar-refractivity contribution < 1.29 is 18.4 Å². The highest BCUT2D eigenvalue weighted by atomic mass is 19.1. The highest BCUT2D eigenvalue weighted by Gasteiger charge is 2.20. The van der Waals surface area contributed by atoms with Gasteiger partial charge in [-0.2, -0.15) is 0 Å². The van der Waals surface area contributed by atoms with E-state index in [9.17, 15) is 18.4 Å². The van der Waals surface area contributed by atoms with Gasteiger partial charge < -0.3 is 10.2 Å². The van der Waals surface area contributed by atoms with Crippen LogP contribution < -0.4 is 5.32 Å². The molecule has 0 aliphatic heterocycles. The molecule has 6 heteroatoms. The minimum Gasteiger partial charge on any atom is -0.352 e. The zero-order chi connectivity index (χ0) is 18.2. The smallest absolute Gasteiger partial charge is 0.254 e. The average Bonchev–Trinajstić information content (AvgIpc) is 2.87. The fraction of sp³-hybridized carbons (Fsp3) is 0.579. The van der Waals surface area contributed by atoms with Gasteiger partial charge in [0, 0.05) is 32.1 Å². The lowest BCUT2D eigenvalue weighted by molar-refractivity contribution is -0.132. The molecular formula is C19H26F2N2O2. The Hall–Kier alpha value is -1.98. The van der Waals surface area contributed by atoms with E-state index in [4.69, 9.17) is 0 Å². The highest BCUT2D eigenvalue weighted by Crippen LogP contribution is 2.21. The summed E-state index contributed by atoms with van der Waals surface area (Å²) in [6.45, 7) is 0.278. The summed E-state index contributed by atoms with van der Waals surface area (Å²) in [5.74, 6) is -2.13. The van der Waals surface area contributed by atoms with Crippen molar-refractivity contribution in [3.8, 4) is 0 Å². The van der Waals surface area contributed by atoms with Crippen molar-refractivity contribution in [2.75, 3.05) is 13.6 Å². The van der Waals surface area contributed by atoms with Gasteiger partial charge in [0.1, 0.15) is 11.6 Å². The van der Waals surface area contributed by atoms with E-state index in [1.165, 1.54) is 25.7 Å². The Morgan fingerprint density at radius 2 is 1.84 bits per heavy atom. The topological polar surface area (TPSA) is 49.4 Å². The van der Waals surface area contributed by atoms with Crippen LogP contribution in [0.25, 0.3) is 0 Å². The molecule has 138 valence electrons. The maximum Gasteiger partial charge on any atom is 0.254 e. The quantitative estimate of drug-likeness (QED) is 0.627. The Kier molecular flexibility index (Phi) is 7.34. The molecule has 2 rings (SSSR count). The van der Waals surface area contributed by atoms with Crippen LogP contribution in [0.5, 0.6) is 0 Å². The van der Waals surface area contributed by atoms with E-state index >= 15 is 0 Å². The molecule has 0 spiro atoms. The zero-order valence-corrected chi connectivity index (χ0v) is 14.7. The first-order chi connectivity index (χ1) is 12.0. The first kappa shape index (κ1) is 19.3. The van der Waals surface area contributed by atoms with Gasteiger partial charge in [-0.15, -0.1) is 0 Å². The van der Waals surface area contributed by atoms with Crippen molar-refractivity contribution in [3.63, 3.8) is 0 Å². The number of carbonyl (C=O) groups excluding carboxylic acids is 2. The third kappa shape index (κ3) is 5.80. The molecule has 1 aromatic carbocycles. The van der Waals surface area contributed by atoms with Crippen LogP contribution in [0.2, 0.25) is 0 Å². The molecule has 1 N–H and O–H groups in total. The van der Waals surface area contributed by atoms with Crippen LogP contribution in [0.4, 0.5) is 8.78 Å². The molecule has 1 aliphatic carbocycles. The fourth-order valence-electron chi connectivity index (χ4n) is 3.24. The van der Waals surface area contributed by atoms with Gasteiger partial charge in [-0.1, -0.05) is 25.7 Å². The molecule has 0 heterocycles. The minimum atomic E-state index is -0.887. The van der Waals surface area contributed by atoms with Gasteiger partial charge in [-0.25, -0.2) is 8.78 Å². The van der Waals surface area contributed by atoms with Crippen molar-refractivity contribution in [2.24, 2.45) is 0 Å². The van der Waals surface area contributed by atoms with E-state index in [1.54, 1.807) is 0 Å². The van der Waals surface area contributed by atoms with E-state index in [0.717, 1.165) is 25.0 Å². The Morgan fingerprint density at radius 3 is 2.48 bits per heavy atom. The maximum absolute atomic E-state index is 13.5. The summed E-state index contributed by atoms with van der Waals surface area (Å²) < 4.78 is 26.4. The summed E-state index contributed by atoms with van der Waals surface area (Å²) in [7, 11) is 1.85. The number of benzene rings is 1. The van der Waals surface area contributed by atoms with Gasteiger partial charge in [0.25, 0.3) is 5.91 Å². The van der Waals surface area contributed by atoms with Crippen LogP contribution in [-0.2, 0) is 4.79 Å². The molecule has 1 saturated carbocycles. The SMILES string of the molecule is CN(C(=O)CCCNC(=O)c1ccc(F)cc1F)C1CCCCCC1. The molecule has 1 aliphatic rings. The van der Waals surface area contributed by atoms with Crippen molar-refractivity contribution in [1.29, 1.82) is 0 Å². The fourth-order valence-corrected chi connectivity index (χ4v) is 3.24. The number of hydrogen-bond donors (Lipinski definition) is 1. The van der Waals surface area contributed by atoms with Gasteiger partial charge in [-0.3, -0.25) is 9.59 Å². The summed E-state index contributed by atoms with van der Waals surface area (Å²) in [5.41, 5.74) is -0.191. The maximum atomic E-state index is 13.5. The number of nitrogens with one attached hydrogen (secondary N) is 1. The molecule has 1 fully saturated rings. The van der Waals surface area contributed by atoms with Crippen molar-refractivity contribution in [3.05, 3.63) is 35.4 Å². The van der Waals surface area contributed by atoms with Crippen molar-refractivity contribution in [1.82, 2.24) is 10.2 Å².